The summed E-state index contributed by atoms with van der Waals surface area (Å²) in [4.78, 5) is 30.7. The van der Waals surface area contributed by atoms with Crippen molar-refractivity contribution >= 4 is 12.0 Å². The molecule has 8 heteroatoms. The van der Waals surface area contributed by atoms with Crippen molar-refractivity contribution in [1.29, 1.82) is 0 Å². The Bertz CT molecular complexity index is 495. The molecule has 1 aromatic heterocycles. The molecule has 0 spiro atoms. The van der Waals surface area contributed by atoms with Gasteiger partial charge in [-0.2, -0.15) is 0 Å². The maximum Gasteiger partial charge on any atom is 0.315 e. The smallest absolute Gasteiger partial charge is 0.315 e. The van der Waals surface area contributed by atoms with E-state index in [1.165, 1.54) is 6.33 Å². The van der Waals surface area contributed by atoms with Gasteiger partial charge < -0.3 is 20.5 Å². The number of carboxylic acids is 1. The van der Waals surface area contributed by atoms with Crippen LogP contribution in [0.5, 0.6) is 0 Å². The highest BCUT2D eigenvalue weighted by Gasteiger charge is 2.47. The molecular formula is C12H16N4O4. The first-order valence-electron chi connectivity index (χ1n) is 6.13. The van der Waals surface area contributed by atoms with Gasteiger partial charge in [-0.1, -0.05) is 0 Å². The number of carbonyl (C=O) groups excluding carboxylic acids is 1. The lowest BCUT2D eigenvalue weighted by molar-refractivity contribution is -0.148. The fourth-order valence-electron chi connectivity index (χ4n) is 1.89. The molecule has 0 radical (unpaired) electrons. The zero-order valence-electron chi connectivity index (χ0n) is 11.0. The summed E-state index contributed by atoms with van der Waals surface area (Å²) < 4.78 is 5.15. The monoisotopic (exact) mass is 280 g/mol. The van der Waals surface area contributed by atoms with Gasteiger partial charge in [-0.25, -0.2) is 14.8 Å². The molecule has 1 aliphatic heterocycles. The Kier molecular flexibility index (Phi) is 4.14. The van der Waals surface area contributed by atoms with E-state index in [1.54, 1.807) is 19.2 Å². The van der Waals surface area contributed by atoms with Crippen LogP contribution >= 0.6 is 0 Å². The number of aliphatic carboxylic acids is 1. The van der Waals surface area contributed by atoms with Crippen molar-refractivity contribution in [2.45, 2.75) is 19.5 Å². The first-order valence-corrected chi connectivity index (χ1v) is 6.13. The number of nitrogens with zero attached hydrogens (tertiary/aromatic N) is 2. The summed E-state index contributed by atoms with van der Waals surface area (Å²) in [7, 11) is 0. The highest BCUT2D eigenvalue weighted by molar-refractivity contribution is 5.79. The molecular weight excluding hydrogens is 264 g/mol. The minimum atomic E-state index is -1.10. The normalized spacial score (nSPS) is 25.1. The number of carbonyl (C=O) groups is 2. The minimum Gasteiger partial charge on any atom is -0.481 e. The second kappa shape index (κ2) is 5.83. The van der Waals surface area contributed by atoms with E-state index in [-0.39, 0.29) is 19.8 Å². The van der Waals surface area contributed by atoms with E-state index in [4.69, 9.17) is 4.74 Å². The summed E-state index contributed by atoms with van der Waals surface area (Å²) in [5.74, 6) is -0.990. The molecule has 20 heavy (non-hydrogen) atoms. The van der Waals surface area contributed by atoms with Gasteiger partial charge in [-0.05, 0) is 13.0 Å². The van der Waals surface area contributed by atoms with Crippen LogP contribution in [0.4, 0.5) is 4.79 Å². The van der Waals surface area contributed by atoms with E-state index in [0.717, 1.165) is 0 Å². The lowest BCUT2D eigenvalue weighted by Crippen LogP contribution is -2.52. The number of carboxylic acid groups (broad SMARTS) is 1. The summed E-state index contributed by atoms with van der Waals surface area (Å²) in [5, 5.41) is 14.4. The first-order chi connectivity index (χ1) is 9.52. The van der Waals surface area contributed by atoms with Crippen LogP contribution in [0.2, 0.25) is 0 Å². The molecule has 1 aliphatic rings. The van der Waals surface area contributed by atoms with Gasteiger partial charge in [0.25, 0.3) is 0 Å². The molecule has 1 fully saturated rings. The topological polar surface area (TPSA) is 113 Å². The maximum absolute atomic E-state index is 11.8. The minimum absolute atomic E-state index is 0.0825. The second-order valence-corrected chi connectivity index (χ2v) is 4.82. The zero-order valence-corrected chi connectivity index (χ0v) is 11.0. The lowest BCUT2D eigenvalue weighted by Gasteiger charge is -2.25. The van der Waals surface area contributed by atoms with Crippen molar-refractivity contribution < 1.29 is 19.4 Å². The van der Waals surface area contributed by atoms with Crippen LogP contribution in [-0.4, -0.2) is 46.3 Å². The Labute approximate surface area is 115 Å². The van der Waals surface area contributed by atoms with Crippen LogP contribution in [-0.2, 0) is 16.1 Å². The van der Waals surface area contributed by atoms with Crippen LogP contribution < -0.4 is 10.6 Å². The number of hydrogen-bond acceptors (Lipinski definition) is 5. The third-order valence-corrected chi connectivity index (χ3v) is 3.32. The van der Waals surface area contributed by atoms with E-state index >= 15 is 0 Å². The highest BCUT2D eigenvalue weighted by Crippen LogP contribution is 2.28. The summed E-state index contributed by atoms with van der Waals surface area (Å²) >= 11 is 0. The standard InChI is InChI=1S/C12H16N4O4/c1-12(10(17)18)6-20-5-9(12)16-11(19)14-4-8-2-3-13-7-15-8/h2-3,7,9H,4-6H2,1H3,(H,17,18)(H2,14,16,19). The SMILES string of the molecule is CC1(C(=O)O)COCC1NC(=O)NCc1ccncn1. The van der Waals surface area contributed by atoms with Crippen LogP contribution in [0, 0.1) is 5.41 Å². The van der Waals surface area contributed by atoms with Crippen molar-refractivity contribution in [3.8, 4) is 0 Å². The van der Waals surface area contributed by atoms with Crippen LogP contribution in [0.3, 0.4) is 0 Å². The number of ether oxygens (including phenoxy) is 1. The predicted octanol–water partition coefficient (Wildman–Crippen LogP) is -0.235. The first kappa shape index (κ1) is 14.2. The van der Waals surface area contributed by atoms with E-state index in [9.17, 15) is 14.7 Å². The van der Waals surface area contributed by atoms with Crippen LogP contribution in [0.1, 0.15) is 12.6 Å². The van der Waals surface area contributed by atoms with Crippen molar-refractivity contribution in [3.63, 3.8) is 0 Å². The van der Waals surface area contributed by atoms with E-state index in [0.29, 0.717) is 5.69 Å². The summed E-state index contributed by atoms with van der Waals surface area (Å²) in [6.45, 7) is 2.06. The second-order valence-electron chi connectivity index (χ2n) is 4.82. The van der Waals surface area contributed by atoms with Crippen molar-refractivity contribution in [1.82, 2.24) is 20.6 Å². The molecule has 2 amide bonds. The Morgan fingerprint density at radius 3 is 3.05 bits per heavy atom. The summed E-state index contributed by atoms with van der Waals surface area (Å²) in [6.07, 6.45) is 2.97. The molecule has 2 atom stereocenters. The van der Waals surface area contributed by atoms with Gasteiger partial charge in [-0.3, -0.25) is 4.79 Å². The van der Waals surface area contributed by atoms with E-state index in [2.05, 4.69) is 20.6 Å². The molecule has 0 aromatic carbocycles. The average Bonchev–Trinajstić information content (AvgIpc) is 2.80. The molecule has 2 heterocycles. The van der Waals surface area contributed by atoms with Gasteiger partial charge in [0.2, 0.25) is 0 Å². The Hall–Kier alpha value is -2.22. The zero-order chi connectivity index (χ0) is 14.6. The van der Waals surface area contributed by atoms with E-state index < -0.39 is 23.5 Å². The molecule has 8 nitrogen and oxygen atoms in total. The average molecular weight is 280 g/mol. The van der Waals surface area contributed by atoms with Gasteiger partial charge in [0, 0.05) is 6.20 Å². The van der Waals surface area contributed by atoms with Crippen molar-refractivity contribution in [2.24, 2.45) is 5.41 Å². The quantitative estimate of drug-likeness (QED) is 0.702. The largest absolute Gasteiger partial charge is 0.481 e. The van der Waals surface area contributed by atoms with Crippen LogP contribution in [0.25, 0.3) is 0 Å². The fourth-order valence-corrected chi connectivity index (χ4v) is 1.89. The number of aromatic nitrogens is 2. The molecule has 108 valence electrons. The third kappa shape index (κ3) is 3.02. The van der Waals surface area contributed by atoms with Gasteiger partial charge in [0.1, 0.15) is 11.7 Å². The third-order valence-electron chi connectivity index (χ3n) is 3.32. The molecule has 3 N–H and O–H groups in total. The molecule has 0 aliphatic carbocycles. The Morgan fingerprint density at radius 2 is 2.40 bits per heavy atom. The van der Waals surface area contributed by atoms with Crippen LogP contribution in [0.15, 0.2) is 18.6 Å². The van der Waals surface area contributed by atoms with Gasteiger partial charge >= 0.3 is 12.0 Å². The summed E-state index contributed by atoms with van der Waals surface area (Å²) in [5.41, 5.74) is -0.439. The van der Waals surface area contributed by atoms with E-state index in [1.807, 2.05) is 0 Å². The molecule has 0 saturated carbocycles. The van der Waals surface area contributed by atoms with Crippen molar-refractivity contribution in [2.75, 3.05) is 13.2 Å². The number of rotatable bonds is 4. The van der Waals surface area contributed by atoms with Crippen molar-refractivity contribution in [3.05, 3.63) is 24.3 Å². The highest BCUT2D eigenvalue weighted by atomic mass is 16.5. The lowest BCUT2D eigenvalue weighted by atomic mass is 9.85. The Balaban J connectivity index is 1.87. The number of hydrogen-bond donors (Lipinski definition) is 3. The number of nitrogens with one attached hydrogen (secondary N) is 2. The summed E-state index contributed by atoms with van der Waals surface area (Å²) in [6, 6.07) is 0.664. The predicted molar refractivity (Wildman–Crippen MR) is 67.8 cm³/mol. The number of urea groups is 1. The molecule has 2 rings (SSSR count). The van der Waals surface area contributed by atoms with Gasteiger partial charge in [-0.15, -0.1) is 0 Å². The maximum atomic E-state index is 11.8. The Morgan fingerprint density at radius 1 is 1.60 bits per heavy atom. The van der Waals surface area contributed by atoms with Gasteiger partial charge in [0.05, 0.1) is 31.5 Å². The molecule has 0 bridgehead atoms. The molecule has 1 saturated heterocycles. The van der Waals surface area contributed by atoms with Gasteiger partial charge in [0.15, 0.2) is 0 Å². The fraction of sp³-hybridized carbons (Fsp3) is 0.500. The molecule has 1 aromatic rings. The number of amides is 2. The molecule has 2 unspecified atom stereocenters.